The Balaban J connectivity index is 2.28. The second kappa shape index (κ2) is 5.81. The number of carboxylic acids is 1. The predicted molar refractivity (Wildman–Crippen MR) is 77.3 cm³/mol. The topological polar surface area (TPSA) is 57.6 Å². The van der Waals surface area contributed by atoms with E-state index in [0.717, 1.165) is 6.07 Å². The molecule has 1 atom stereocenters. The summed E-state index contributed by atoms with van der Waals surface area (Å²) in [5.74, 6) is -2.17. The maximum Gasteiger partial charge on any atom is 0.311 e. The Kier molecular flexibility index (Phi) is 4.44. The summed E-state index contributed by atoms with van der Waals surface area (Å²) in [5, 5.41) is 9.15. The number of hydrogen-bond acceptors (Lipinski definition) is 2. The fourth-order valence-corrected chi connectivity index (χ4v) is 2.91. The van der Waals surface area contributed by atoms with E-state index in [-0.39, 0.29) is 22.2 Å². The molecule has 0 spiro atoms. The Hall–Kier alpha value is -1.33. The van der Waals surface area contributed by atoms with Crippen LogP contribution in [0.5, 0.6) is 0 Å². The van der Waals surface area contributed by atoms with E-state index in [1.165, 1.54) is 11.0 Å². The minimum absolute atomic E-state index is 0.00629. The van der Waals surface area contributed by atoms with Gasteiger partial charge in [-0.15, -0.1) is 0 Å². The number of carbonyl (C=O) groups is 2. The lowest BCUT2D eigenvalue weighted by atomic mass is 9.82. The maximum atomic E-state index is 13.5. The van der Waals surface area contributed by atoms with Crippen molar-refractivity contribution >= 4 is 35.1 Å². The Bertz CT molecular complexity index is 608. The van der Waals surface area contributed by atoms with Crippen molar-refractivity contribution in [2.45, 2.75) is 19.8 Å². The van der Waals surface area contributed by atoms with Crippen LogP contribution in [0.2, 0.25) is 10.0 Å². The Labute approximate surface area is 131 Å². The molecule has 7 heteroatoms. The van der Waals surface area contributed by atoms with Gasteiger partial charge in [0.25, 0.3) is 5.91 Å². The molecule has 0 saturated carbocycles. The van der Waals surface area contributed by atoms with Gasteiger partial charge in [0, 0.05) is 13.1 Å². The molecule has 1 aromatic carbocycles. The van der Waals surface area contributed by atoms with Crippen LogP contribution in [-0.2, 0) is 4.79 Å². The van der Waals surface area contributed by atoms with Crippen molar-refractivity contribution in [3.05, 3.63) is 33.6 Å². The summed E-state index contributed by atoms with van der Waals surface area (Å²) < 4.78 is 13.5. The lowest BCUT2D eigenvalue weighted by molar-refractivity contribution is -0.150. The van der Waals surface area contributed by atoms with Crippen molar-refractivity contribution in [3.63, 3.8) is 0 Å². The average Bonchev–Trinajstić information content (AvgIpc) is 2.42. The van der Waals surface area contributed by atoms with E-state index in [1.807, 2.05) is 0 Å². The van der Waals surface area contributed by atoms with Gasteiger partial charge in [-0.1, -0.05) is 23.2 Å². The second-order valence-electron chi connectivity index (χ2n) is 5.44. The number of aliphatic carboxylic acids is 1. The Morgan fingerprint density at radius 2 is 2.00 bits per heavy atom. The number of hydrogen-bond donors (Lipinski definition) is 1. The molecule has 1 heterocycles. The van der Waals surface area contributed by atoms with Crippen LogP contribution < -0.4 is 0 Å². The molecular formula is C14H14Cl2FNO3. The lowest BCUT2D eigenvalue weighted by Gasteiger charge is -2.37. The summed E-state index contributed by atoms with van der Waals surface area (Å²) in [5.41, 5.74) is -1.00. The first kappa shape index (κ1) is 16.0. The largest absolute Gasteiger partial charge is 0.481 e. The van der Waals surface area contributed by atoms with Crippen LogP contribution in [0.4, 0.5) is 4.39 Å². The van der Waals surface area contributed by atoms with Crippen molar-refractivity contribution in [1.82, 2.24) is 4.90 Å². The normalized spacial score (nSPS) is 22.2. The van der Waals surface area contributed by atoms with Crippen molar-refractivity contribution in [2.75, 3.05) is 13.1 Å². The average molecular weight is 334 g/mol. The molecule has 21 heavy (non-hydrogen) atoms. The summed E-state index contributed by atoms with van der Waals surface area (Å²) in [6.45, 7) is 2.09. The molecule has 2 rings (SSSR count). The Morgan fingerprint density at radius 3 is 2.62 bits per heavy atom. The van der Waals surface area contributed by atoms with E-state index in [0.29, 0.717) is 19.4 Å². The molecule has 1 aliphatic rings. The van der Waals surface area contributed by atoms with Crippen LogP contribution in [0.1, 0.15) is 30.1 Å². The van der Waals surface area contributed by atoms with Gasteiger partial charge in [0.1, 0.15) is 5.82 Å². The van der Waals surface area contributed by atoms with Gasteiger partial charge in [-0.05, 0) is 31.9 Å². The van der Waals surface area contributed by atoms with E-state index < -0.39 is 23.1 Å². The molecular weight excluding hydrogens is 320 g/mol. The summed E-state index contributed by atoms with van der Waals surface area (Å²) in [4.78, 5) is 25.1. The summed E-state index contributed by atoms with van der Waals surface area (Å²) >= 11 is 11.5. The number of nitrogens with zero attached hydrogens (tertiary/aromatic N) is 1. The highest BCUT2D eigenvalue weighted by molar-refractivity contribution is 6.36. The quantitative estimate of drug-likeness (QED) is 0.843. The molecule has 0 aromatic heterocycles. The third kappa shape index (κ3) is 3.14. The predicted octanol–water partition coefficient (Wildman–Crippen LogP) is 3.46. The van der Waals surface area contributed by atoms with E-state index in [9.17, 15) is 19.1 Å². The van der Waals surface area contributed by atoms with Gasteiger partial charge in [-0.2, -0.15) is 0 Å². The number of likely N-dealkylation sites (tertiary alicyclic amines) is 1. The van der Waals surface area contributed by atoms with Crippen LogP contribution in [-0.4, -0.2) is 35.0 Å². The van der Waals surface area contributed by atoms with Crippen molar-refractivity contribution < 1.29 is 19.1 Å². The van der Waals surface area contributed by atoms with Crippen molar-refractivity contribution in [3.8, 4) is 0 Å². The molecule has 1 saturated heterocycles. The number of benzene rings is 1. The smallest absolute Gasteiger partial charge is 0.311 e. The summed E-state index contributed by atoms with van der Waals surface area (Å²) in [6, 6.07) is 2.16. The third-order valence-corrected chi connectivity index (χ3v) is 4.34. The molecule has 1 unspecified atom stereocenters. The van der Waals surface area contributed by atoms with Crippen LogP contribution in [0, 0.1) is 11.2 Å². The number of piperidine rings is 1. The van der Waals surface area contributed by atoms with Gasteiger partial charge in [0.15, 0.2) is 0 Å². The van der Waals surface area contributed by atoms with Crippen LogP contribution in [0.25, 0.3) is 0 Å². The van der Waals surface area contributed by atoms with Crippen molar-refractivity contribution in [2.24, 2.45) is 5.41 Å². The van der Waals surface area contributed by atoms with Crippen LogP contribution >= 0.6 is 23.2 Å². The first-order chi connectivity index (χ1) is 9.74. The summed E-state index contributed by atoms with van der Waals surface area (Å²) in [6.07, 6.45) is 1.07. The van der Waals surface area contributed by atoms with Gasteiger partial charge < -0.3 is 10.0 Å². The molecule has 0 aliphatic carbocycles. The molecule has 1 amide bonds. The first-order valence-electron chi connectivity index (χ1n) is 6.42. The standard InChI is InChI=1S/C14H14Cl2FNO3/c1-14(13(20)21)3-2-4-18(7-14)12(19)8-5-11(17)10(16)6-9(8)15/h5-6H,2-4,7H2,1H3,(H,20,21). The van der Waals surface area contributed by atoms with Gasteiger partial charge in [-0.25, -0.2) is 4.39 Å². The van der Waals surface area contributed by atoms with Gasteiger partial charge >= 0.3 is 5.97 Å². The highest BCUT2D eigenvalue weighted by Gasteiger charge is 2.39. The monoisotopic (exact) mass is 333 g/mol. The minimum atomic E-state index is -0.995. The fraction of sp³-hybridized carbons (Fsp3) is 0.429. The van der Waals surface area contributed by atoms with E-state index in [1.54, 1.807) is 6.92 Å². The number of amides is 1. The van der Waals surface area contributed by atoms with Crippen LogP contribution in [0.15, 0.2) is 12.1 Å². The molecule has 1 aromatic rings. The zero-order chi connectivity index (χ0) is 15.8. The SMILES string of the molecule is CC1(C(=O)O)CCCN(C(=O)c2cc(F)c(Cl)cc2Cl)C1. The molecule has 114 valence electrons. The number of halogens is 3. The van der Waals surface area contributed by atoms with Gasteiger partial charge in [-0.3, -0.25) is 9.59 Å². The van der Waals surface area contributed by atoms with Gasteiger partial charge in [0.2, 0.25) is 0 Å². The molecule has 0 radical (unpaired) electrons. The summed E-state index contributed by atoms with van der Waals surface area (Å²) in [7, 11) is 0. The van der Waals surface area contributed by atoms with Crippen molar-refractivity contribution in [1.29, 1.82) is 0 Å². The number of carboxylic acid groups (broad SMARTS) is 1. The van der Waals surface area contributed by atoms with E-state index >= 15 is 0 Å². The number of rotatable bonds is 2. The maximum absolute atomic E-state index is 13.5. The molecule has 1 aliphatic heterocycles. The van der Waals surface area contributed by atoms with Gasteiger partial charge in [0.05, 0.1) is 21.0 Å². The molecule has 4 nitrogen and oxygen atoms in total. The van der Waals surface area contributed by atoms with Crippen LogP contribution in [0.3, 0.4) is 0 Å². The van der Waals surface area contributed by atoms with E-state index in [2.05, 4.69) is 0 Å². The number of carbonyl (C=O) groups excluding carboxylic acids is 1. The zero-order valence-corrected chi connectivity index (χ0v) is 12.8. The molecule has 0 bridgehead atoms. The highest BCUT2D eigenvalue weighted by Crippen LogP contribution is 2.32. The molecule has 1 N–H and O–H groups in total. The second-order valence-corrected chi connectivity index (χ2v) is 6.26. The van der Waals surface area contributed by atoms with E-state index in [4.69, 9.17) is 23.2 Å². The lowest BCUT2D eigenvalue weighted by Crippen LogP contribution is -2.48. The zero-order valence-electron chi connectivity index (χ0n) is 11.3. The minimum Gasteiger partial charge on any atom is -0.481 e. The highest BCUT2D eigenvalue weighted by atomic mass is 35.5. The Morgan fingerprint density at radius 1 is 1.33 bits per heavy atom. The fourth-order valence-electron chi connectivity index (χ4n) is 2.44. The third-order valence-electron chi connectivity index (χ3n) is 3.74. The first-order valence-corrected chi connectivity index (χ1v) is 7.17. The molecule has 1 fully saturated rings.